The van der Waals surface area contributed by atoms with Crippen LogP contribution in [-0.2, 0) is 0 Å². The zero-order chi connectivity index (χ0) is 15.7. The molecule has 3 aromatic rings. The number of carbonyl (C=O) groups is 1. The van der Waals surface area contributed by atoms with E-state index in [1.807, 2.05) is 43.3 Å². The Balaban J connectivity index is 2.31. The van der Waals surface area contributed by atoms with Crippen molar-refractivity contribution in [1.29, 1.82) is 0 Å². The molecular weight excluding hydrogens is 278 g/mol. The molecule has 0 spiro atoms. The lowest BCUT2D eigenvalue weighted by Crippen LogP contribution is -1.91. The Morgan fingerprint density at radius 3 is 2.55 bits per heavy atom. The van der Waals surface area contributed by atoms with Gasteiger partial charge in [0.25, 0.3) is 0 Å². The van der Waals surface area contributed by atoms with E-state index >= 15 is 0 Å². The number of methoxy groups -OCH3 is 2. The first-order valence-corrected chi connectivity index (χ1v) is 6.98. The first-order valence-electron chi connectivity index (χ1n) is 6.98. The fourth-order valence-corrected chi connectivity index (χ4v) is 2.67. The van der Waals surface area contributed by atoms with Crippen molar-refractivity contribution >= 4 is 17.2 Å². The SMILES string of the molecule is COc1ccc2[nH]c(-c3cc(C)ccc3OC)c(C=O)c2c1. The van der Waals surface area contributed by atoms with Crippen LogP contribution in [0.2, 0.25) is 0 Å². The standard InChI is InChI=1S/C18H17NO3/c1-11-4-7-17(22-3)14(8-11)18-15(10-20)13-9-12(21-2)5-6-16(13)19-18/h4-10,19H,1-3H3. The van der Waals surface area contributed by atoms with Gasteiger partial charge in [-0.25, -0.2) is 0 Å². The second-order valence-corrected chi connectivity index (χ2v) is 5.15. The molecule has 4 heteroatoms. The van der Waals surface area contributed by atoms with Gasteiger partial charge in [-0.15, -0.1) is 0 Å². The zero-order valence-electron chi connectivity index (χ0n) is 12.8. The Labute approximate surface area is 128 Å². The van der Waals surface area contributed by atoms with Crippen LogP contribution in [0.5, 0.6) is 11.5 Å². The minimum Gasteiger partial charge on any atom is -0.497 e. The molecule has 0 saturated heterocycles. The van der Waals surface area contributed by atoms with Crippen LogP contribution >= 0.6 is 0 Å². The highest BCUT2D eigenvalue weighted by Gasteiger charge is 2.16. The number of H-pyrrole nitrogens is 1. The van der Waals surface area contributed by atoms with Crippen LogP contribution in [0.1, 0.15) is 15.9 Å². The van der Waals surface area contributed by atoms with Crippen LogP contribution in [0, 0.1) is 6.92 Å². The van der Waals surface area contributed by atoms with Crippen molar-refractivity contribution in [3.05, 3.63) is 47.5 Å². The molecule has 1 aromatic heterocycles. The van der Waals surface area contributed by atoms with E-state index in [-0.39, 0.29) is 0 Å². The molecule has 2 aromatic carbocycles. The normalized spacial score (nSPS) is 10.7. The van der Waals surface area contributed by atoms with Gasteiger partial charge in [0.1, 0.15) is 11.5 Å². The molecule has 4 nitrogen and oxygen atoms in total. The fraction of sp³-hybridized carbons (Fsp3) is 0.167. The molecule has 0 aliphatic rings. The van der Waals surface area contributed by atoms with Gasteiger partial charge in [-0.2, -0.15) is 0 Å². The van der Waals surface area contributed by atoms with E-state index in [9.17, 15) is 4.79 Å². The monoisotopic (exact) mass is 295 g/mol. The Morgan fingerprint density at radius 1 is 1.05 bits per heavy atom. The van der Waals surface area contributed by atoms with Gasteiger partial charge in [-0.3, -0.25) is 4.79 Å². The highest BCUT2D eigenvalue weighted by molar-refractivity contribution is 6.05. The van der Waals surface area contributed by atoms with E-state index in [2.05, 4.69) is 4.98 Å². The van der Waals surface area contributed by atoms with Gasteiger partial charge >= 0.3 is 0 Å². The van der Waals surface area contributed by atoms with Crippen LogP contribution in [0.4, 0.5) is 0 Å². The number of ether oxygens (including phenoxy) is 2. The molecular formula is C18H17NO3. The number of aldehydes is 1. The number of fused-ring (bicyclic) bond motifs is 1. The van der Waals surface area contributed by atoms with Crippen molar-refractivity contribution < 1.29 is 14.3 Å². The smallest absolute Gasteiger partial charge is 0.152 e. The number of aryl methyl sites for hydroxylation is 1. The van der Waals surface area contributed by atoms with Crippen molar-refractivity contribution in [1.82, 2.24) is 4.98 Å². The fourth-order valence-electron chi connectivity index (χ4n) is 2.67. The first-order chi connectivity index (χ1) is 10.7. The van der Waals surface area contributed by atoms with Crippen LogP contribution in [-0.4, -0.2) is 25.5 Å². The van der Waals surface area contributed by atoms with Gasteiger partial charge in [0.05, 0.1) is 19.9 Å². The van der Waals surface area contributed by atoms with Crippen molar-refractivity contribution in [3.63, 3.8) is 0 Å². The van der Waals surface area contributed by atoms with Crippen molar-refractivity contribution in [2.24, 2.45) is 0 Å². The Bertz CT molecular complexity index is 849. The van der Waals surface area contributed by atoms with Crippen LogP contribution < -0.4 is 9.47 Å². The number of hydrogen-bond acceptors (Lipinski definition) is 3. The zero-order valence-corrected chi connectivity index (χ0v) is 12.8. The second kappa shape index (κ2) is 5.56. The molecule has 22 heavy (non-hydrogen) atoms. The van der Waals surface area contributed by atoms with Crippen LogP contribution in [0.15, 0.2) is 36.4 Å². The number of aromatic nitrogens is 1. The van der Waals surface area contributed by atoms with E-state index < -0.39 is 0 Å². The number of carbonyl (C=O) groups excluding carboxylic acids is 1. The van der Waals surface area contributed by atoms with E-state index in [1.54, 1.807) is 14.2 Å². The minimum absolute atomic E-state index is 0.609. The van der Waals surface area contributed by atoms with Gasteiger partial charge in [0, 0.05) is 22.0 Å². The Kier molecular flexibility index (Phi) is 3.59. The predicted molar refractivity (Wildman–Crippen MR) is 87.0 cm³/mol. The topological polar surface area (TPSA) is 51.3 Å². The summed E-state index contributed by atoms with van der Waals surface area (Å²) in [5, 5.41) is 0.841. The van der Waals surface area contributed by atoms with Gasteiger partial charge < -0.3 is 14.5 Å². The van der Waals surface area contributed by atoms with Crippen molar-refractivity contribution in [2.45, 2.75) is 6.92 Å². The molecule has 1 heterocycles. The third kappa shape index (κ3) is 2.22. The highest BCUT2D eigenvalue weighted by atomic mass is 16.5. The molecule has 0 radical (unpaired) electrons. The average Bonchev–Trinajstić information content (AvgIpc) is 2.92. The summed E-state index contributed by atoms with van der Waals surface area (Å²) >= 11 is 0. The van der Waals surface area contributed by atoms with E-state index in [0.717, 1.165) is 45.5 Å². The summed E-state index contributed by atoms with van der Waals surface area (Å²) in [5.41, 5.74) is 4.24. The molecule has 0 aliphatic carbocycles. The quantitative estimate of drug-likeness (QED) is 0.741. The number of nitrogens with one attached hydrogen (secondary N) is 1. The minimum atomic E-state index is 0.609. The van der Waals surface area contributed by atoms with Gasteiger partial charge in [0.15, 0.2) is 6.29 Å². The molecule has 0 amide bonds. The highest BCUT2D eigenvalue weighted by Crippen LogP contribution is 2.36. The summed E-state index contributed by atoms with van der Waals surface area (Å²) in [7, 11) is 3.24. The molecule has 1 N–H and O–H groups in total. The molecule has 0 unspecified atom stereocenters. The lowest BCUT2D eigenvalue weighted by atomic mass is 10.0. The third-order valence-electron chi connectivity index (χ3n) is 3.79. The molecule has 0 saturated carbocycles. The van der Waals surface area contributed by atoms with E-state index in [4.69, 9.17) is 9.47 Å². The molecule has 0 bridgehead atoms. The van der Waals surface area contributed by atoms with Gasteiger partial charge in [-0.05, 0) is 37.3 Å². The summed E-state index contributed by atoms with van der Waals surface area (Å²) < 4.78 is 10.7. The maximum absolute atomic E-state index is 11.7. The summed E-state index contributed by atoms with van der Waals surface area (Å²) in [6.45, 7) is 2.01. The summed E-state index contributed by atoms with van der Waals surface area (Å²) in [4.78, 5) is 15.0. The lowest BCUT2D eigenvalue weighted by Gasteiger charge is -2.09. The molecule has 0 fully saturated rings. The number of hydrogen-bond donors (Lipinski definition) is 1. The third-order valence-corrected chi connectivity index (χ3v) is 3.79. The van der Waals surface area contributed by atoms with E-state index in [0.29, 0.717) is 5.56 Å². The van der Waals surface area contributed by atoms with Gasteiger partial charge in [-0.1, -0.05) is 11.6 Å². The molecule has 3 rings (SSSR count). The largest absolute Gasteiger partial charge is 0.497 e. The van der Waals surface area contributed by atoms with E-state index in [1.165, 1.54) is 0 Å². The van der Waals surface area contributed by atoms with Crippen LogP contribution in [0.3, 0.4) is 0 Å². The number of aromatic amines is 1. The number of benzene rings is 2. The first kappa shape index (κ1) is 14.2. The Hall–Kier alpha value is -2.75. The van der Waals surface area contributed by atoms with Crippen molar-refractivity contribution in [3.8, 4) is 22.8 Å². The second-order valence-electron chi connectivity index (χ2n) is 5.15. The number of rotatable bonds is 4. The maximum atomic E-state index is 11.7. The molecule has 0 atom stereocenters. The predicted octanol–water partition coefficient (Wildman–Crippen LogP) is 3.97. The Morgan fingerprint density at radius 2 is 1.86 bits per heavy atom. The van der Waals surface area contributed by atoms with Crippen LogP contribution in [0.25, 0.3) is 22.2 Å². The van der Waals surface area contributed by atoms with Gasteiger partial charge in [0.2, 0.25) is 0 Å². The average molecular weight is 295 g/mol. The summed E-state index contributed by atoms with van der Waals surface area (Å²) in [5.74, 6) is 1.45. The maximum Gasteiger partial charge on any atom is 0.152 e. The van der Waals surface area contributed by atoms with Crippen molar-refractivity contribution in [2.75, 3.05) is 14.2 Å². The molecule has 0 aliphatic heterocycles. The summed E-state index contributed by atoms with van der Waals surface area (Å²) in [6.07, 6.45) is 0.870. The lowest BCUT2D eigenvalue weighted by molar-refractivity contribution is 0.112. The summed E-state index contributed by atoms with van der Waals surface area (Å²) in [6, 6.07) is 11.5. The molecule has 112 valence electrons.